The molecule has 0 atom stereocenters. The van der Waals surface area contributed by atoms with Crippen molar-refractivity contribution in [3.05, 3.63) is 40.5 Å². The standard InChI is InChI=1S/C12H12BrN3/c1-8-10(13)12(14-2)16-11(15-8)9-6-4-3-5-7-9/h3-7H,1-2H3,(H,14,15,16). The number of hydrogen-bond acceptors (Lipinski definition) is 3. The van der Waals surface area contributed by atoms with Gasteiger partial charge in [0.25, 0.3) is 0 Å². The summed E-state index contributed by atoms with van der Waals surface area (Å²) in [5, 5.41) is 3.05. The highest BCUT2D eigenvalue weighted by molar-refractivity contribution is 9.10. The van der Waals surface area contributed by atoms with Crippen molar-refractivity contribution in [1.29, 1.82) is 0 Å². The predicted octanol–water partition coefficient (Wildman–Crippen LogP) is 3.26. The number of hydrogen-bond donors (Lipinski definition) is 1. The van der Waals surface area contributed by atoms with E-state index in [9.17, 15) is 0 Å². The van der Waals surface area contributed by atoms with Gasteiger partial charge in [0.2, 0.25) is 0 Å². The fourth-order valence-electron chi connectivity index (χ4n) is 1.44. The highest BCUT2D eigenvalue weighted by Crippen LogP contribution is 2.25. The molecule has 0 saturated carbocycles. The van der Waals surface area contributed by atoms with Crippen molar-refractivity contribution >= 4 is 21.7 Å². The minimum atomic E-state index is 0.741. The van der Waals surface area contributed by atoms with E-state index in [-0.39, 0.29) is 0 Å². The van der Waals surface area contributed by atoms with Crippen LogP contribution in [0.1, 0.15) is 5.69 Å². The van der Waals surface area contributed by atoms with Crippen LogP contribution >= 0.6 is 15.9 Å². The lowest BCUT2D eigenvalue weighted by molar-refractivity contribution is 1.09. The SMILES string of the molecule is CNc1nc(-c2ccccc2)nc(C)c1Br. The zero-order valence-electron chi connectivity index (χ0n) is 9.16. The Morgan fingerprint density at radius 3 is 2.44 bits per heavy atom. The van der Waals surface area contributed by atoms with Crippen molar-refractivity contribution in [2.24, 2.45) is 0 Å². The van der Waals surface area contributed by atoms with E-state index in [1.165, 1.54) is 0 Å². The molecule has 0 spiro atoms. The van der Waals surface area contributed by atoms with Crippen LogP contribution in [-0.4, -0.2) is 17.0 Å². The lowest BCUT2D eigenvalue weighted by atomic mass is 10.2. The highest BCUT2D eigenvalue weighted by atomic mass is 79.9. The van der Waals surface area contributed by atoms with Crippen LogP contribution in [0.15, 0.2) is 34.8 Å². The van der Waals surface area contributed by atoms with Crippen LogP contribution in [0.5, 0.6) is 0 Å². The second kappa shape index (κ2) is 4.61. The molecule has 2 rings (SSSR count). The normalized spacial score (nSPS) is 10.2. The van der Waals surface area contributed by atoms with Gasteiger partial charge in [0.15, 0.2) is 5.82 Å². The number of nitrogens with one attached hydrogen (secondary N) is 1. The van der Waals surface area contributed by atoms with Crippen LogP contribution in [0.4, 0.5) is 5.82 Å². The van der Waals surface area contributed by atoms with Crippen molar-refractivity contribution in [3.63, 3.8) is 0 Å². The number of aryl methyl sites for hydroxylation is 1. The number of aromatic nitrogens is 2. The lowest BCUT2D eigenvalue weighted by Gasteiger charge is -2.08. The van der Waals surface area contributed by atoms with Gasteiger partial charge >= 0.3 is 0 Å². The molecule has 0 bridgehead atoms. The summed E-state index contributed by atoms with van der Waals surface area (Å²) in [6.07, 6.45) is 0. The van der Waals surface area contributed by atoms with Gasteiger partial charge in [-0.15, -0.1) is 0 Å². The minimum absolute atomic E-state index is 0.741. The molecule has 0 radical (unpaired) electrons. The zero-order chi connectivity index (χ0) is 11.5. The Labute approximate surface area is 103 Å². The summed E-state index contributed by atoms with van der Waals surface area (Å²) < 4.78 is 0.912. The molecule has 2 aromatic rings. The maximum absolute atomic E-state index is 4.45. The average molecular weight is 278 g/mol. The maximum Gasteiger partial charge on any atom is 0.161 e. The van der Waals surface area contributed by atoms with Crippen LogP contribution in [0.25, 0.3) is 11.4 Å². The number of halogens is 1. The third-order valence-electron chi connectivity index (χ3n) is 2.29. The van der Waals surface area contributed by atoms with Gasteiger partial charge in [-0.05, 0) is 22.9 Å². The van der Waals surface area contributed by atoms with E-state index in [0.29, 0.717) is 0 Å². The van der Waals surface area contributed by atoms with E-state index in [0.717, 1.165) is 27.4 Å². The Kier molecular flexibility index (Phi) is 3.19. The topological polar surface area (TPSA) is 37.8 Å². The second-order valence-electron chi connectivity index (χ2n) is 3.41. The van der Waals surface area contributed by atoms with E-state index in [4.69, 9.17) is 0 Å². The van der Waals surface area contributed by atoms with Crippen molar-refractivity contribution in [2.75, 3.05) is 12.4 Å². The van der Waals surface area contributed by atoms with E-state index in [1.54, 1.807) is 0 Å². The fourth-order valence-corrected chi connectivity index (χ4v) is 1.82. The molecule has 1 heterocycles. The van der Waals surface area contributed by atoms with Gasteiger partial charge in [-0.2, -0.15) is 0 Å². The Morgan fingerprint density at radius 1 is 1.12 bits per heavy atom. The molecule has 0 fully saturated rings. The molecule has 16 heavy (non-hydrogen) atoms. The summed E-state index contributed by atoms with van der Waals surface area (Å²) in [4.78, 5) is 8.91. The molecular formula is C12H12BrN3. The van der Waals surface area contributed by atoms with Crippen molar-refractivity contribution in [2.45, 2.75) is 6.92 Å². The van der Waals surface area contributed by atoms with E-state index in [2.05, 4.69) is 31.2 Å². The highest BCUT2D eigenvalue weighted by Gasteiger charge is 2.08. The summed E-state index contributed by atoms with van der Waals surface area (Å²) in [6, 6.07) is 9.95. The summed E-state index contributed by atoms with van der Waals surface area (Å²) in [5.74, 6) is 1.55. The van der Waals surface area contributed by atoms with E-state index in [1.807, 2.05) is 44.3 Å². The second-order valence-corrected chi connectivity index (χ2v) is 4.20. The number of nitrogens with zero attached hydrogens (tertiary/aromatic N) is 2. The Balaban J connectivity index is 2.55. The largest absolute Gasteiger partial charge is 0.372 e. The van der Waals surface area contributed by atoms with Gasteiger partial charge < -0.3 is 5.32 Å². The van der Waals surface area contributed by atoms with Gasteiger partial charge in [-0.3, -0.25) is 0 Å². The molecule has 0 unspecified atom stereocenters. The first-order valence-electron chi connectivity index (χ1n) is 4.99. The molecule has 3 nitrogen and oxygen atoms in total. The lowest BCUT2D eigenvalue weighted by Crippen LogP contribution is -2.00. The zero-order valence-corrected chi connectivity index (χ0v) is 10.7. The molecule has 82 valence electrons. The van der Waals surface area contributed by atoms with E-state index < -0.39 is 0 Å². The number of anilines is 1. The molecule has 0 amide bonds. The van der Waals surface area contributed by atoms with Crippen LogP contribution in [0.2, 0.25) is 0 Å². The summed E-state index contributed by atoms with van der Waals surface area (Å²) in [5.41, 5.74) is 1.95. The third-order valence-corrected chi connectivity index (χ3v) is 3.24. The monoisotopic (exact) mass is 277 g/mol. The molecule has 0 aliphatic heterocycles. The van der Waals surface area contributed by atoms with Gasteiger partial charge in [0, 0.05) is 12.6 Å². The van der Waals surface area contributed by atoms with E-state index >= 15 is 0 Å². The molecule has 4 heteroatoms. The molecule has 1 aromatic carbocycles. The molecule has 0 aliphatic rings. The summed E-state index contributed by atoms with van der Waals surface area (Å²) >= 11 is 3.46. The minimum Gasteiger partial charge on any atom is -0.372 e. The summed E-state index contributed by atoms with van der Waals surface area (Å²) in [7, 11) is 1.85. The van der Waals surface area contributed by atoms with Crippen molar-refractivity contribution in [3.8, 4) is 11.4 Å². The van der Waals surface area contributed by atoms with Crippen LogP contribution in [0, 0.1) is 6.92 Å². The number of rotatable bonds is 2. The summed E-state index contributed by atoms with van der Waals surface area (Å²) in [6.45, 7) is 1.96. The predicted molar refractivity (Wildman–Crippen MR) is 69.5 cm³/mol. The maximum atomic E-state index is 4.45. The smallest absolute Gasteiger partial charge is 0.161 e. The van der Waals surface area contributed by atoms with Crippen molar-refractivity contribution < 1.29 is 0 Å². The molecular weight excluding hydrogens is 266 g/mol. The molecule has 1 aromatic heterocycles. The van der Waals surface area contributed by atoms with Gasteiger partial charge in [-0.25, -0.2) is 9.97 Å². The average Bonchev–Trinajstić information content (AvgIpc) is 2.33. The molecule has 0 saturated heterocycles. The fraction of sp³-hybridized carbons (Fsp3) is 0.167. The Morgan fingerprint density at radius 2 is 1.81 bits per heavy atom. The first-order chi connectivity index (χ1) is 7.72. The molecule has 1 N–H and O–H groups in total. The molecule has 0 aliphatic carbocycles. The van der Waals surface area contributed by atoms with Crippen LogP contribution in [-0.2, 0) is 0 Å². The Bertz CT molecular complexity index is 497. The van der Waals surface area contributed by atoms with Gasteiger partial charge in [-0.1, -0.05) is 30.3 Å². The quantitative estimate of drug-likeness (QED) is 0.916. The van der Waals surface area contributed by atoms with Crippen LogP contribution in [0.3, 0.4) is 0 Å². The number of benzene rings is 1. The van der Waals surface area contributed by atoms with Crippen molar-refractivity contribution in [1.82, 2.24) is 9.97 Å². The van der Waals surface area contributed by atoms with Gasteiger partial charge in [0.05, 0.1) is 10.2 Å². The Hall–Kier alpha value is -1.42. The van der Waals surface area contributed by atoms with Crippen LogP contribution < -0.4 is 5.32 Å². The first kappa shape index (κ1) is 11.1. The van der Waals surface area contributed by atoms with Gasteiger partial charge in [0.1, 0.15) is 5.82 Å². The first-order valence-corrected chi connectivity index (χ1v) is 5.79. The third kappa shape index (κ3) is 2.07.